The molecule has 2 aliphatic rings. The van der Waals surface area contributed by atoms with E-state index in [4.69, 9.17) is 0 Å². The van der Waals surface area contributed by atoms with E-state index in [-0.39, 0.29) is 24.5 Å². The van der Waals surface area contributed by atoms with Gasteiger partial charge in [0.1, 0.15) is 11.5 Å². The number of benzene rings is 1. The standard InChI is InChI=1S/C22H21F6N7O/c23-17-2-1-15(30-20(36)34-11-21(24,25)12-34)8-18(17)35-10-14-7-16(9-29-19(14)31-35)33-5-3-32(4-6-33)13-22(26,27)28/h1-2,7-10H,3-6,11-13H2,(H,30,36). The van der Waals surface area contributed by atoms with Gasteiger partial charge in [0.05, 0.1) is 31.5 Å². The molecule has 36 heavy (non-hydrogen) atoms. The van der Waals surface area contributed by atoms with Crippen molar-refractivity contribution in [1.82, 2.24) is 24.6 Å². The molecule has 14 heteroatoms. The van der Waals surface area contributed by atoms with E-state index < -0.39 is 43.6 Å². The molecule has 0 radical (unpaired) electrons. The predicted octanol–water partition coefficient (Wildman–Crippen LogP) is 3.73. The topological polar surface area (TPSA) is 69.5 Å². The van der Waals surface area contributed by atoms with Crippen molar-refractivity contribution in [2.24, 2.45) is 0 Å². The number of carbonyl (C=O) groups is 1. The summed E-state index contributed by atoms with van der Waals surface area (Å²) >= 11 is 0. The third-order valence-corrected chi connectivity index (χ3v) is 6.06. The van der Waals surface area contributed by atoms with Gasteiger partial charge in [-0.05, 0) is 24.3 Å². The van der Waals surface area contributed by atoms with Crippen molar-refractivity contribution in [2.75, 3.05) is 56.0 Å². The highest BCUT2D eigenvalue weighted by Gasteiger charge is 2.46. The fraction of sp³-hybridized carbons (Fsp3) is 0.409. The first kappa shape index (κ1) is 24.2. The van der Waals surface area contributed by atoms with Crippen LogP contribution in [0.1, 0.15) is 0 Å². The van der Waals surface area contributed by atoms with E-state index in [0.717, 1.165) is 11.0 Å². The minimum absolute atomic E-state index is 0.0158. The fourth-order valence-electron chi connectivity index (χ4n) is 4.24. The zero-order valence-corrected chi connectivity index (χ0v) is 18.8. The molecule has 0 spiro atoms. The maximum Gasteiger partial charge on any atom is 0.401 e. The van der Waals surface area contributed by atoms with Gasteiger partial charge in [-0.2, -0.15) is 13.2 Å². The summed E-state index contributed by atoms with van der Waals surface area (Å²) < 4.78 is 79.7. The number of urea groups is 1. The van der Waals surface area contributed by atoms with E-state index in [9.17, 15) is 31.1 Å². The van der Waals surface area contributed by atoms with Crippen LogP contribution in [0.5, 0.6) is 0 Å². The van der Waals surface area contributed by atoms with E-state index >= 15 is 0 Å². The lowest BCUT2D eigenvalue weighted by molar-refractivity contribution is -0.146. The normalized spacial score (nSPS) is 18.4. The molecule has 0 atom stereocenters. The van der Waals surface area contributed by atoms with Crippen LogP contribution in [-0.2, 0) is 0 Å². The molecule has 2 fully saturated rings. The Hall–Kier alpha value is -3.55. The second-order valence-corrected chi connectivity index (χ2v) is 8.87. The fourth-order valence-corrected chi connectivity index (χ4v) is 4.24. The summed E-state index contributed by atoms with van der Waals surface area (Å²) in [4.78, 5) is 20.6. The molecule has 0 saturated carbocycles. The van der Waals surface area contributed by atoms with Gasteiger partial charge in [0, 0.05) is 43.4 Å². The van der Waals surface area contributed by atoms with E-state index in [0.29, 0.717) is 29.8 Å². The van der Waals surface area contributed by atoms with Gasteiger partial charge in [0.15, 0.2) is 5.65 Å². The maximum absolute atomic E-state index is 14.6. The Morgan fingerprint density at radius 3 is 2.47 bits per heavy atom. The number of alkyl halides is 5. The number of fused-ring (bicyclic) bond motifs is 1. The molecule has 1 N–H and O–H groups in total. The van der Waals surface area contributed by atoms with Crippen LogP contribution >= 0.6 is 0 Å². The molecular formula is C22H21F6N7O. The molecular weight excluding hydrogens is 492 g/mol. The summed E-state index contributed by atoms with van der Waals surface area (Å²) in [5, 5.41) is 7.33. The zero-order valence-electron chi connectivity index (χ0n) is 18.8. The quantitative estimate of drug-likeness (QED) is 0.539. The highest BCUT2D eigenvalue weighted by molar-refractivity contribution is 5.90. The Morgan fingerprint density at radius 2 is 1.81 bits per heavy atom. The highest BCUT2D eigenvalue weighted by atomic mass is 19.4. The van der Waals surface area contributed by atoms with Crippen molar-refractivity contribution in [3.63, 3.8) is 0 Å². The molecule has 4 heterocycles. The number of nitrogens with zero attached hydrogens (tertiary/aromatic N) is 6. The monoisotopic (exact) mass is 513 g/mol. The van der Waals surface area contributed by atoms with Gasteiger partial charge in [-0.3, -0.25) is 4.90 Å². The summed E-state index contributed by atoms with van der Waals surface area (Å²) in [5.74, 6) is -3.53. The zero-order chi connectivity index (χ0) is 25.7. The molecule has 2 aromatic heterocycles. The van der Waals surface area contributed by atoms with Gasteiger partial charge < -0.3 is 15.1 Å². The molecule has 192 valence electrons. The number of anilines is 2. The van der Waals surface area contributed by atoms with Crippen molar-refractivity contribution in [3.8, 4) is 5.69 Å². The van der Waals surface area contributed by atoms with Crippen molar-refractivity contribution in [3.05, 3.63) is 42.5 Å². The number of rotatable bonds is 4. The van der Waals surface area contributed by atoms with Crippen LogP contribution < -0.4 is 10.2 Å². The Bertz CT molecular complexity index is 1280. The van der Waals surface area contributed by atoms with Crippen molar-refractivity contribution in [2.45, 2.75) is 12.1 Å². The molecule has 5 rings (SSSR count). The van der Waals surface area contributed by atoms with Crippen molar-refractivity contribution >= 4 is 28.4 Å². The minimum Gasteiger partial charge on any atom is -0.368 e. The van der Waals surface area contributed by atoms with Crippen LogP contribution in [0, 0.1) is 5.82 Å². The number of hydrogen-bond acceptors (Lipinski definition) is 5. The summed E-state index contributed by atoms with van der Waals surface area (Å²) in [7, 11) is 0. The number of nitrogens with one attached hydrogen (secondary N) is 1. The summed E-state index contributed by atoms with van der Waals surface area (Å²) in [6.45, 7) is -0.981. The lowest BCUT2D eigenvalue weighted by Gasteiger charge is -2.38. The number of halogens is 6. The van der Waals surface area contributed by atoms with E-state index in [1.54, 1.807) is 18.5 Å². The van der Waals surface area contributed by atoms with Gasteiger partial charge in [-0.15, -0.1) is 5.10 Å². The molecule has 8 nitrogen and oxygen atoms in total. The average Bonchev–Trinajstić information content (AvgIpc) is 3.21. The van der Waals surface area contributed by atoms with Crippen molar-refractivity contribution < 1.29 is 31.1 Å². The molecule has 0 bridgehead atoms. The third-order valence-electron chi connectivity index (χ3n) is 6.06. The van der Waals surface area contributed by atoms with Gasteiger partial charge in [0.2, 0.25) is 0 Å². The Labute approximate surface area is 201 Å². The van der Waals surface area contributed by atoms with Crippen LogP contribution in [0.25, 0.3) is 16.7 Å². The molecule has 0 unspecified atom stereocenters. The smallest absolute Gasteiger partial charge is 0.368 e. The number of likely N-dealkylation sites (tertiary alicyclic amines) is 1. The number of hydrogen-bond donors (Lipinski definition) is 1. The Kier molecular flexibility index (Phi) is 5.93. The molecule has 3 aromatic rings. The largest absolute Gasteiger partial charge is 0.401 e. The van der Waals surface area contributed by atoms with Crippen LogP contribution in [0.3, 0.4) is 0 Å². The van der Waals surface area contributed by atoms with Crippen molar-refractivity contribution in [1.29, 1.82) is 0 Å². The van der Waals surface area contributed by atoms with E-state index in [2.05, 4.69) is 15.4 Å². The Morgan fingerprint density at radius 1 is 1.08 bits per heavy atom. The lowest BCUT2D eigenvalue weighted by atomic mass is 10.1. The SMILES string of the molecule is O=C(Nc1ccc(F)c(-n2cc3cc(N4CCN(CC(F)(F)F)CC4)cnc3n2)c1)N1CC(F)(F)C1. The molecule has 2 amide bonds. The number of piperazine rings is 1. The number of aromatic nitrogens is 3. The Balaban J connectivity index is 1.30. The highest BCUT2D eigenvalue weighted by Crippen LogP contribution is 2.28. The molecule has 2 aliphatic heterocycles. The number of carbonyl (C=O) groups excluding carboxylic acids is 1. The maximum atomic E-state index is 14.6. The van der Waals surface area contributed by atoms with Crippen LogP contribution in [-0.4, -0.2) is 88.5 Å². The first-order valence-electron chi connectivity index (χ1n) is 11.1. The van der Waals surface area contributed by atoms with Crippen LogP contribution in [0.2, 0.25) is 0 Å². The first-order chi connectivity index (χ1) is 17.0. The predicted molar refractivity (Wildman–Crippen MR) is 119 cm³/mol. The molecule has 2 saturated heterocycles. The van der Waals surface area contributed by atoms with Crippen LogP contribution in [0.15, 0.2) is 36.7 Å². The number of amides is 2. The van der Waals surface area contributed by atoms with Gasteiger partial charge >= 0.3 is 12.2 Å². The lowest BCUT2D eigenvalue weighted by Crippen LogP contribution is -2.59. The third kappa shape index (κ3) is 5.17. The van der Waals surface area contributed by atoms with Gasteiger partial charge in [-0.25, -0.2) is 27.6 Å². The van der Waals surface area contributed by atoms with E-state index in [1.807, 2.05) is 4.90 Å². The van der Waals surface area contributed by atoms with Crippen LogP contribution in [0.4, 0.5) is 42.5 Å². The van der Waals surface area contributed by atoms with Gasteiger partial charge in [-0.1, -0.05) is 0 Å². The minimum atomic E-state index is -4.24. The summed E-state index contributed by atoms with van der Waals surface area (Å²) in [6.07, 6.45) is -1.13. The molecule has 1 aromatic carbocycles. The first-order valence-corrected chi connectivity index (χ1v) is 11.1. The number of pyridine rings is 1. The average molecular weight is 513 g/mol. The summed E-state index contributed by atoms with van der Waals surface area (Å²) in [6, 6.07) is 4.83. The molecule has 0 aliphatic carbocycles. The van der Waals surface area contributed by atoms with E-state index in [1.165, 1.54) is 21.7 Å². The second-order valence-electron chi connectivity index (χ2n) is 8.87. The summed E-state index contributed by atoms with van der Waals surface area (Å²) in [5.41, 5.74) is 1.26. The van der Waals surface area contributed by atoms with Gasteiger partial charge in [0.25, 0.3) is 5.92 Å². The second kappa shape index (κ2) is 8.84.